The number of aliphatic hydroxyl groups is 1. The first-order chi connectivity index (χ1) is 12.0. The van der Waals surface area contributed by atoms with E-state index in [1.165, 1.54) is 0 Å². The van der Waals surface area contributed by atoms with E-state index in [9.17, 15) is 9.90 Å². The van der Waals surface area contributed by atoms with Crippen molar-refractivity contribution in [2.24, 2.45) is 5.73 Å². The van der Waals surface area contributed by atoms with Crippen LogP contribution in [0.3, 0.4) is 0 Å². The van der Waals surface area contributed by atoms with Crippen molar-refractivity contribution in [2.45, 2.75) is 6.10 Å². The number of hydrogen-bond donors (Lipinski definition) is 3. The summed E-state index contributed by atoms with van der Waals surface area (Å²) in [5.41, 5.74) is 13.2. The summed E-state index contributed by atoms with van der Waals surface area (Å²) in [6.45, 7) is 0. The van der Waals surface area contributed by atoms with Crippen molar-refractivity contribution < 1.29 is 14.6 Å². The molecular weight excluding hydrogens is 316 g/mol. The predicted molar refractivity (Wildman–Crippen MR) is 96.4 cm³/mol. The Labute approximate surface area is 145 Å². The van der Waals surface area contributed by atoms with Gasteiger partial charge in [-0.1, -0.05) is 24.3 Å². The molecule has 3 aromatic rings. The zero-order chi connectivity index (χ0) is 17.8. The van der Waals surface area contributed by atoms with Gasteiger partial charge in [0.2, 0.25) is 5.91 Å². The van der Waals surface area contributed by atoms with Gasteiger partial charge in [0.1, 0.15) is 17.6 Å². The van der Waals surface area contributed by atoms with Crippen LogP contribution in [-0.4, -0.2) is 11.0 Å². The smallest absolute Gasteiger partial charge is 0.248 e. The molecule has 0 spiro atoms. The van der Waals surface area contributed by atoms with Crippen molar-refractivity contribution in [3.05, 3.63) is 89.5 Å². The monoisotopic (exact) mass is 334 g/mol. The number of benzene rings is 3. The zero-order valence-electron chi connectivity index (χ0n) is 13.4. The molecule has 0 aliphatic carbocycles. The molecule has 5 N–H and O–H groups in total. The van der Waals surface area contributed by atoms with Gasteiger partial charge in [-0.3, -0.25) is 4.79 Å². The van der Waals surface area contributed by atoms with Crippen molar-refractivity contribution in [1.82, 2.24) is 0 Å². The van der Waals surface area contributed by atoms with E-state index in [2.05, 4.69) is 0 Å². The third kappa shape index (κ3) is 3.97. The second-order valence-electron chi connectivity index (χ2n) is 5.63. The molecule has 0 fully saturated rings. The highest BCUT2D eigenvalue weighted by atomic mass is 16.5. The first-order valence-corrected chi connectivity index (χ1v) is 7.74. The zero-order valence-corrected chi connectivity index (χ0v) is 13.4. The Balaban J connectivity index is 1.76. The maximum atomic E-state index is 11.3. The molecule has 1 unspecified atom stereocenters. The van der Waals surface area contributed by atoms with E-state index >= 15 is 0 Å². The van der Waals surface area contributed by atoms with Crippen molar-refractivity contribution in [3.8, 4) is 11.5 Å². The molecule has 25 heavy (non-hydrogen) atoms. The minimum atomic E-state index is -0.857. The highest BCUT2D eigenvalue weighted by molar-refractivity contribution is 5.92. The molecule has 0 aromatic heterocycles. The Morgan fingerprint density at radius 3 is 2.08 bits per heavy atom. The fourth-order valence-corrected chi connectivity index (χ4v) is 2.44. The second-order valence-corrected chi connectivity index (χ2v) is 5.63. The number of nitrogen functional groups attached to an aromatic ring is 1. The molecule has 5 nitrogen and oxygen atoms in total. The fraction of sp³-hybridized carbons (Fsp3) is 0.0500. The maximum absolute atomic E-state index is 11.3. The molecule has 126 valence electrons. The summed E-state index contributed by atoms with van der Waals surface area (Å²) in [4.78, 5) is 11.3. The van der Waals surface area contributed by atoms with Crippen molar-refractivity contribution in [3.63, 3.8) is 0 Å². The Morgan fingerprint density at radius 1 is 0.880 bits per heavy atom. The number of aliphatic hydroxyl groups excluding tert-OH is 1. The summed E-state index contributed by atoms with van der Waals surface area (Å²) in [6, 6.07) is 20.8. The topological polar surface area (TPSA) is 98.6 Å². The number of nitrogens with two attached hydrogens (primary N) is 2. The third-order valence-corrected chi connectivity index (χ3v) is 3.80. The lowest BCUT2D eigenvalue weighted by molar-refractivity contribution is 0.1000. The number of anilines is 1. The molecule has 3 aromatic carbocycles. The quantitative estimate of drug-likeness (QED) is 0.624. The standard InChI is InChI=1S/C20H18N2O3/c21-16-6-10-18(11-7-16)25-17-8-4-13(5-9-17)19(23)14-2-1-3-15(12-14)20(22)24/h1-12,19,23H,21H2,(H2,22,24). The minimum Gasteiger partial charge on any atom is -0.457 e. The number of carbonyl (C=O) groups is 1. The van der Waals surface area contributed by atoms with E-state index in [4.69, 9.17) is 16.2 Å². The highest BCUT2D eigenvalue weighted by Gasteiger charge is 2.12. The van der Waals surface area contributed by atoms with Crippen LogP contribution in [0.5, 0.6) is 11.5 Å². The van der Waals surface area contributed by atoms with E-state index in [0.717, 1.165) is 0 Å². The van der Waals surface area contributed by atoms with E-state index in [-0.39, 0.29) is 0 Å². The predicted octanol–water partition coefficient (Wildman–Crippen LogP) is 3.24. The van der Waals surface area contributed by atoms with Crippen LogP contribution in [0.2, 0.25) is 0 Å². The SMILES string of the molecule is NC(=O)c1cccc(C(O)c2ccc(Oc3ccc(N)cc3)cc2)c1. The number of rotatable bonds is 5. The lowest BCUT2D eigenvalue weighted by Crippen LogP contribution is -2.11. The van der Waals surface area contributed by atoms with E-state index < -0.39 is 12.0 Å². The number of hydrogen-bond acceptors (Lipinski definition) is 4. The summed E-state index contributed by atoms with van der Waals surface area (Å²) < 4.78 is 5.73. The van der Waals surface area contributed by atoms with Crippen LogP contribution in [0, 0.1) is 0 Å². The first kappa shape index (κ1) is 16.5. The molecule has 0 saturated carbocycles. The highest BCUT2D eigenvalue weighted by Crippen LogP contribution is 2.27. The molecule has 0 heterocycles. The maximum Gasteiger partial charge on any atom is 0.248 e. The fourth-order valence-electron chi connectivity index (χ4n) is 2.44. The molecule has 5 heteroatoms. The number of primary amides is 1. The average Bonchev–Trinajstić information content (AvgIpc) is 2.64. The van der Waals surface area contributed by atoms with Gasteiger partial charge in [-0.25, -0.2) is 0 Å². The summed E-state index contributed by atoms with van der Waals surface area (Å²) >= 11 is 0. The Kier molecular flexibility index (Phi) is 4.68. The van der Waals surface area contributed by atoms with Crippen LogP contribution in [0.25, 0.3) is 0 Å². The average molecular weight is 334 g/mol. The van der Waals surface area contributed by atoms with Crippen LogP contribution in [0.4, 0.5) is 5.69 Å². The molecule has 0 aliphatic rings. The van der Waals surface area contributed by atoms with Gasteiger partial charge < -0.3 is 21.3 Å². The van der Waals surface area contributed by atoms with Crippen LogP contribution in [0.1, 0.15) is 27.6 Å². The lowest BCUT2D eigenvalue weighted by atomic mass is 9.99. The van der Waals surface area contributed by atoms with Crippen LogP contribution < -0.4 is 16.2 Å². The van der Waals surface area contributed by atoms with Crippen LogP contribution in [0.15, 0.2) is 72.8 Å². The van der Waals surface area contributed by atoms with Gasteiger partial charge in [0.05, 0.1) is 0 Å². The largest absolute Gasteiger partial charge is 0.457 e. The van der Waals surface area contributed by atoms with Gasteiger partial charge in [-0.15, -0.1) is 0 Å². The number of carbonyl (C=O) groups excluding carboxylic acids is 1. The van der Waals surface area contributed by atoms with Gasteiger partial charge in [0.25, 0.3) is 0 Å². The van der Waals surface area contributed by atoms with E-state index in [0.29, 0.717) is 33.9 Å². The normalized spacial score (nSPS) is 11.7. The van der Waals surface area contributed by atoms with Crippen LogP contribution >= 0.6 is 0 Å². The molecule has 0 bridgehead atoms. The number of ether oxygens (including phenoxy) is 1. The first-order valence-electron chi connectivity index (χ1n) is 7.74. The van der Waals surface area contributed by atoms with E-state index in [1.807, 2.05) is 0 Å². The third-order valence-electron chi connectivity index (χ3n) is 3.80. The molecule has 1 amide bonds. The van der Waals surface area contributed by atoms with Crippen molar-refractivity contribution in [1.29, 1.82) is 0 Å². The van der Waals surface area contributed by atoms with Gasteiger partial charge in [0.15, 0.2) is 0 Å². The Bertz CT molecular complexity index is 874. The van der Waals surface area contributed by atoms with Gasteiger partial charge in [-0.2, -0.15) is 0 Å². The summed E-state index contributed by atoms with van der Waals surface area (Å²) in [5, 5.41) is 10.5. The molecule has 0 radical (unpaired) electrons. The number of amides is 1. The summed E-state index contributed by atoms with van der Waals surface area (Å²) in [6.07, 6.45) is -0.857. The Morgan fingerprint density at radius 2 is 1.48 bits per heavy atom. The van der Waals surface area contributed by atoms with Crippen molar-refractivity contribution in [2.75, 3.05) is 5.73 Å². The second kappa shape index (κ2) is 7.07. The van der Waals surface area contributed by atoms with E-state index in [1.54, 1.807) is 72.8 Å². The molecule has 0 saturated heterocycles. The summed E-state index contributed by atoms with van der Waals surface area (Å²) in [7, 11) is 0. The molecule has 0 aliphatic heterocycles. The van der Waals surface area contributed by atoms with Gasteiger partial charge in [0, 0.05) is 11.3 Å². The minimum absolute atomic E-state index is 0.361. The van der Waals surface area contributed by atoms with Gasteiger partial charge >= 0.3 is 0 Å². The van der Waals surface area contributed by atoms with Crippen LogP contribution in [-0.2, 0) is 0 Å². The van der Waals surface area contributed by atoms with Gasteiger partial charge in [-0.05, 0) is 59.7 Å². The lowest BCUT2D eigenvalue weighted by Gasteiger charge is -2.13. The summed E-state index contributed by atoms with van der Waals surface area (Å²) in [5.74, 6) is 0.796. The molecular formula is C20H18N2O3. The Hall–Kier alpha value is -3.31. The molecule has 3 rings (SSSR count). The molecule has 1 atom stereocenters. The van der Waals surface area contributed by atoms with Crippen molar-refractivity contribution >= 4 is 11.6 Å².